The zero-order valence-electron chi connectivity index (χ0n) is 9.57. The fraction of sp³-hybridized carbons (Fsp3) is 0.545. The van der Waals surface area contributed by atoms with Crippen LogP contribution in [0.25, 0.3) is 0 Å². The number of ether oxygens (including phenoxy) is 1. The third-order valence-electron chi connectivity index (χ3n) is 2.81. The molecule has 2 heterocycles. The van der Waals surface area contributed by atoms with Crippen molar-refractivity contribution >= 4 is 37.8 Å². The molecule has 0 aliphatic carbocycles. The molecular formula is C11H13Br2NO4. The van der Waals surface area contributed by atoms with E-state index in [9.17, 15) is 4.79 Å². The van der Waals surface area contributed by atoms with Crippen molar-refractivity contribution in [1.29, 1.82) is 0 Å². The minimum absolute atomic E-state index is 0.0864. The number of halogens is 2. The molecular weight excluding hydrogens is 370 g/mol. The Bertz CT molecular complexity index is 415. The van der Waals surface area contributed by atoms with Crippen LogP contribution in [0.1, 0.15) is 12.2 Å². The highest BCUT2D eigenvalue weighted by molar-refractivity contribution is 9.13. The fourth-order valence-electron chi connectivity index (χ4n) is 1.96. The molecule has 1 N–H and O–H groups in total. The zero-order chi connectivity index (χ0) is 13.1. The summed E-state index contributed by atoms with van der Waals surface area (Å²) in [5, 5.41) is 8.88. The monoisotopic (exact) mass is 381 g/mol. The Balaban J connectivity index is 2.02. The minimum Gasteiger partial charge on any atom is -0.481 e. The van der Waals surface area contributed by atoms with Gasteiger partial charge in [-0.1, -0.05) is 0 Å². The van der Waals surface area contributed by atoms with Crippen LogP contribution in [-0.4, -0.2) is 41.8 Å². The van der Waals surface area contributed by atoms with E-state index in [1.54, 1.807) is 0 Å². The largest absolute Gasteiger partial charge is 0.481 e. The van der Waals surface area contributed by atoms with Gasteiger partial charge in [0.1, 0.15) is 5.76 Å². The highest BCUT2D eigenvalue weighted by Gasteiger charge is 2.26. The second-order valence-electron chi connectivity index (χ2n) is 4.13. The van der Waals surface area contributed by atoms with Crippen LogP contribution in [0.4, 0.5) is 0 Å². The lowest BCUT2D eigenvalue weighted by molar-refractivity contribution is -0.140. The van der Waals surface area contributed by atoms with Crippen LogP contribution >= 0.6 is 31.9 Å². The van der Waals surface area contributed by atoms with Crippen molar-refractivity contribution in [3.63, 3.8) is 0 Å². The van der Waals surface area contributed by atoms with Gasteiger partial charge in [-0.2, -0.15) is 0 Å². The second-order valence-corrected chi connectivity index (χ2v) is 5.71. The third kappa shape index (κ3) is 3.57. The molecule has 0 spiro atoms. The molecule has 1 aromatic heterocycles. The van der Waals surface area contributed by atoms with E-state index in [0.29, 0.717) is 31.0 Å². The molecule has 1 aromatic rings. The third-order valence-corrected chi connectivity index (χ3v) is 4.52. The molecule has 1 aliphatic heterocycles. The van der Waals surface area contributed by atoms with E-state index in [1.807, 2.05) is 6.07 Å². The lowest BCUT2D eigenvalue weighted by Gasteiger charge is -2.34. The van der Waals surface area contributed by atoms with E-state index in [-0.39, 0.29) is 12.5 Å². The van der Waals surface area contributed by atoms with Crippen LogP contribution < -0.4 is 0 Å². The number of hydrogen-bond donors (Lipinski definition) is 1. The van der Waals surface area contributed by atoms with Gasteiger partial charge in [-0.3, -0.25) is 9.69 Å². The fourth-order valence-corrected chi connectivity index (χ4v) is 2.62. The zero-order valence-corrected chi connectivity index (χ0v) is 12.7. The summed E-state index contributed by atoms with van der Waals surface area (Å²) in [6.45, 7) is 2.38. The smallest absolute Gasteiger partial charge is 0.305 e. The van der Waals surface area contributed by atoms with Gasteiger partial charge in [-0.15, -0.1) is 0 Å². The molecule has 7 heteroatoms. The number of rotatable bonds is 4. The van der Waals surface area contributed by atoms with E-state index in [2.05, 4.69) is 36.8 Å². The molecule has 2 rings (SSSR count). The van der Waals surface area contributed by atoms with Crippen molar-refractivity contribution in [2.24, 2.45) is 0 Å². The molecule has 0 amide bonds. The molecule has 1 aliphatic rings. The minimum atomic E-state index is -0.808. The number of furan rings is 1. The van der Waals surface area contributed by atoms with Crippen LogP contribution in [0.5, 0.6) is 0 Å². The highest BCUT2D eigenvalue weighted by atomic mass is 79.9. The number of nitrogens with zero attached hydrogens (tertiary/aromatic N) is 1. The Kier molecular flexibility index (Phi) is 4.83. The van der Waals surface area contributed by atoms with Crippen LogP contribution in [0.2, 0.25) is 0 Å². The number of morpholine rings is 1. The van der Waals surface area contributed by atoms with E-state index < -0.39 is 5.97 Å². The molecule has 1 atom stereocenters. The van der Waals surface area contributed by atoms with Gasteiger partial charge in [-0.05, 0) is 37.9 Å². The first-order valence-corrected chi connectivity index (χ1v) is 7.12. The average Bonchev–Trinajstić information content (AvgIpc) is 2.60. The Morgan fingerprint density at radius 1 is 1.56 bits per heavy atom. The van der Waals surface area contributed by atoms with Crippen molar-refractivity contribution in [3.05, 3.63) is 21.0 Å². The summed E-state index contributed by atoms with van der Waals surface area (Å²) in [5.41, 5.74) is 0. The van der Waals surface area contributed by atoms with E-state index in [1.165, 1.54) is 0 Å². The number of carboxylic acid groups (broad SMARTS) is 1. The van der Waals surface area contributed by atoms with Crippen molar-refractivity contribution in [2.45, 2.75) is 19.0 Å². The lowest BCUT2D eigenvalue weighted by atomic mass is 10.1. The van der Waals surface area contributed by atoms with Gasteiger partial charge in [0.05, 0.1) is 30.7 Å². The van der Waals surface area contributed by atoms with Crippen LogP contribution in [0.15, 0.2) is 19.6 Å². The molecule has 100 valence electrons. The predicted molar refractivity (Wildman–Crippen MR) is 71.4 cm³/mol. The van der Waals surface area contributed by atoms with Crippen LogP contribution in [0, 0.1) is 0 Å². The molecule has 1 fully saturated rings. The molecule has 18 heavy (non-hydrogen) atoms. The molecule has 0 aromatic carbocycles. The summed E-state index contributed by atoms with van der Waals surface area (Å²) in [6.07, 6.45) is 0.0864. The number of carbonyl (C=O) groups is 1. The van der Waals surface area contributed by atoms with Crippen LogP contribution in [-0.2, 0) is 16.1 Å². The first kappa shape index (κ1) is 14.0. The van der Waals surface area contributed by atoms with Crippen LogP contribution in [0.3, 0.4) is 0 Å². The van der Waals surface area contributed by atoms with E-state index in [0.717, 1.165) is 10.2 Å². The van der Waals surface area contributed by atoms with Gasteiger partial charge in [-0.25, -0.2) is 0 Å². The Morgan fingerprint density at radius 3 is 2.94 bits per heavy atom. The molecule has 0 radical (unpaired) electrons. The van der Waals surface area contributed by atoms with Crippen molar-refractivity contribution < 1.29 is 19.1 Å². The molecule has 5 nitrogen and oxygen atoms in total. The quantitative estimate of drug-likeness (QED) is 0.866. The maximum Gasteiger partial charge on any atom is 0.305 e. The first-order valence-electron chi connectivity index (χ1n) is 5.53. The standard InChI is InChI=1S/C11H13Br2NO4/c12-9-4-8(18-11(9)13)5-14-1-2-17-6-7(14)3-10(15)16/h4,7H,1-3,5-6H2,(H,15,16). The maximum atomic E-state index is 10.8. The number of aliphatic carboxylic acids is 1. The van der Waals surface area contributed by atoms with Gasteiger partial charge in [0.2, 0.25) is 0 Å². The Morgan fingerprint density at radius 2 is 2.33 bits per heavy atom. The Labute approximate surface area is 121 Å². The van der Waals surface area contributed by atoms with E-state index in [4.69, 9.17) is 14.3 Å². The van der Waals surface area contributed by atoms with Crippen molar-refractivity contribution in [3.8, 4) is 0 Å². The first-order chi connectivity index (χ1) is 8.56. The molecule has 0 saturated carbocycles. The number of hydrogen-bond acceptors (Lipinski definition) is 4. The molecule has 0 bridgehead atoms. The summed E-state index contributed by atoms with van der Waals surface area (Å²) in [6, 6.07) is 1.79. The number of carboxylic acids is 1. The van der Waals surface area contributed by atoms with Crippen molar-refractivity contribution in [2.75, 3.05) is 19.8 Å². The van der Waals surface area contributed by atoms with Gasteiger partial charge in [0.15, 0.2) is 4.67 Å². The summed E-state index contributed by atoms with van der Waals surface area (Å²) in [4.78, 5) is 12.9. The molecule has 1 saturated heterocycles. The van der Waals surface area contributed by atoms with E-state index >= 15 is 0 Å². The van der Waals surface area contributed by atoms with Crippen molar-refractivity contribution in [1.82, 2.24) is 4.90 Å². The highest BCUT2D eigenvalue weighted by Crippen LogP contribution is 2.28. The summed E-state index contributed by atoms with van der Waals surface area (Å²) in [7, 11) is 0. The SMILES string of the molecule is O=C(O)CC1COCCN1Cc1cc(Br)c(Br)o1. The summed E-state index contributed by atoms with van der Waals surface area (Å²) >= 11 is 6.64. The Hall–Kier alpha value is -0.370. The molecule has 1 unspecified atom stereocenters. The maximum absolute atomic E-state index is 10.8. The van der Waals surface area contributed by atoms with Gasteiger partial charge in [0.25, 0.3) is 0 Å². The van der Waals surface area contributed by atoms with Gasteiger partial charge < -0.3 is 14.3 Å². The normalized spacial score (nSPS) is 21.1. The lowest BCUT2D eigenvalue weighted by Crippen LogP contribution is -2.45. The topological polar surface area (TPSA) is 62.9 Å². The average molecular weight is 383 g/mol. The summed E-state index contributed by atoms with van der Waals surface area (Å²) in [5.74, 6) is -0.0108. The second kappa shape index (κ2) is 6.18. The van der Waals surface area contributed by atoms with Gasteiger partial charge in [0, 0.05) is 12.6 Å². The summed E-state index contributed by atoms with van der Waals surface area (Å²) < 4.78 is 12.4. The predicted octanol–water partition coefficient (Wildman–Crippen LogP) is 2.48. The van der Waals surface area contributed by atoms with Gasteiger partial charge >= 0.3 is 5.97 Å².